The number of carbonyl (C=O) groups excluding carboxylic acids is 1. The summed E-state index contributed by atoms with van der Waals surface area (Å²) in [5.41, 5.74) is 6.85. The van der Waals surface area contributed by atoms with Crippen molar-refractivity contribution in [3.05, 3.63) is 95.1 Å². The largest absolute Gasteiger partial charge is 0.480 e. The first-order valence-electron chi connectivity index (χ1n) is 11.7. The minimum absolute atomic E-state index is 0.0633. The number of benzene rings is 3. The molecule has 34 heavy (non-hydrogen) atoms. The van der Waals surface area contributed by atoms with Crippen molar-refractivity contribution in [2.45, 2.75) is 51.0 Å². The number of aliphatic carboxylic acids is 1. The van der Waals surface area contributed by atoms with Crippen LogP contribution in [-0.4, -0.2) is 29.8 Å². The highest BCUT2D eigenvalue weighted by Crippen LogP contribution is 2.44. The number of alkyl carbamates (subject to hydrolysis) is 1. The van der Waals surface area contributed by atoms with Crippen molar-refractivity contribution < 1.29 is 19.4 Å². The van der Waals surface area contributed by atoms with Gasteiger partial charge in [0.2, 0.25) is 0 Å². The van der Waals surface area contributed by atoms with Gasteiger partial charge in [-0.3, -0.25) is 0 Å². The highest BCUT2D eigenvalue weighted by Gasteiger charge is 2.29. The fourth-order valence-corrected chi connectivity index (χ4v) is 4.52. The summed E-state index contributed by atoms with van der Waals surface area (Å²) in [7, 11) is 0. The van der Waals surface area contributed by atoms with Crippen LogP contribution in [-0.2, 0) is 21.4 Å². The third kappa shape index (κ3) is 5.14. The van der Waals surface area contributed by atoms with E-state index in [9.17, 15) is 14.7 Å². The minimum Gasteiger partial charge on any atom is -0.480 e. The number of ether oxygens (including phenoxy) is 1. The monoisotopic (exact) mass is 457 g/mol. The predicted octanol–water partition coefficient (Wildman–Crippen LogP) is 5.91. The number of fused-ring (bicyclic) bond motifs is 3. The van der Waals surface area contributed by atoms with Crippen LogP contribution in [0.25, 0.3) is 11.1 Å². The molecule has 1 amide bonds. The fourth-order valence-electron chi connectivity index (χ4n) is 4.52. The molecule has 0 saturated carbocycles. The normalized spacial score (nSPS) is 13.6. The van der Waals surface area contributed by atoms with Gasteiger partial charge in [0.25, 0.3) is 0 Å². The molecule has 0 saturated heterocycles. The zero-order valence-electron chi connectivity index (χ0n) is 19.9. The van der Waals surface area contributed by atoms with Crippen LogP contribution in [0.1, 0.15) is 55.4 Å². The Morgan fingerprint density at radius 2 is 1.47 bits per heavy atom. The highest BCUT2D eigenvalue weighted by molar-refractivity contribution is 5.81. The van der Waals surface area contributed by atoms with E-state index in [1.807, 2.05) is 48.5 Å². The summed E-state index contributed by atoms with van der Waals surface area (Å²) < 4.78 is 5.51. The maximum absolute atomic E-state index is 12.5. The molecular weight excluding hydrogens is 426 g/mol. The Bertz CT molecular complexity index is 1130. The van der Waals surface area contributed by atoms with Crippen LogP contribution in [0.15, 0.2) is 72.8 Å². The molecule has 1 atom stereocenters. The number of hydrogen-bond acceptors (Lipinski definition) is 3. The standard InChI is InChI=1S/C29H31NO4/c1-29(2,3)20-15-12-19(13-16-20)14-17-26(27(31)32)30-28(33)34-18-25-23-10-6-4-8-21(23)22-9-5-7-11-24(22)25/h4-13,15-16,25-26H,14,17-18H2,1-3H3,(H,30,33)(H,31,32)/t26-/m1/s1. The topological polar surface area (TPSA) is 75.6 Å². The molecule has 176 valence electrons. The van der Waals surface area contributed by atoms with Gasteiger partial charge in [0, 0.05) is 5.92 Å². The van der Waals surface area contributed by atoms with Crippen LogP contribution >= 0.6 is 0 Å². The van der Waals surface area contributed by atoms with Crippen LogP contribution in [0, 0.1) is 0 Å². The van der Waals surface area contributed by atoms with Gasteiger partial charge in [-0.05, 0) is 51.6 Å². The summed E-state index contributed by atoms with van der Waals surface area (Å²) in [6.45, 7) is 6.61. The van der Waals surface area contributed by atoms with E-state index in [1.165, 1.54) is 5.56 Å². The summed E-state index contributed by atoms with van der Waals surface area (Å²) >= 11 is 0. The summed E-state index contributed by atoms with van der Waals surface area (Å²) in [6, 6.07) is 23.4. The van der Waals surface area contributed by atoms with Crippen LogP contribution in [0.5, 0.6) is 0 Å². The van der Waals surface area contributed by atoms with Crippen molar-refractivity contribution in [2.24, 2.45) is 0 Å². The van der Waals surface area contributed by atoms with E-state index < -0.39 is 18.1 Å². The van der Waals surface area contributed by atoms with Gasteiger partial charge in [0.15, 0.2) is 0 Å². The second-order valence-corrected chi connectivity index (χ2v) is 9.85. The van der Waals surface area contributed by atoms with Crippen molar-refractivity contribution in [3.8, 4) is 11.1 Å². The number of hydrogen-bond donors (Lipinski definition) is 2. The van der Waals surface area contributed by atoms with E-state index in [1.54, 1.807) is 0 Å². The first-order valence-corrected chi connectivity index (χ1v) is 11.7. The molecule has 5 nitrogen and oxygen atoms in total. The van der Waals surface area contributed by atoms with Gasteiger partial charge in [0.05, 0.1) is 0 Å². The number of aryl methyl sites for hydroxylation is 1. The highest BCUT2D eigenvalue weighted by atomic mass is 16.5. The number of rotatable bonds is 7. The van der Waals surface area contributed by atoms with Crippen molar-refractivity contribution in [1.82, 2.24) is 5.32 Å². The van der Waals surface area contributed by atoms with Gasteiger partial charge in [-0.25, -0.2) is 9.59 Å². The smallest absolute Gasteiger partial charge is 0.407 e. The van der Waals surface area contributed by atoms with Gasteiger partial charge < -0.3 is 15.2 Å². The second kappa shape index (κ2) is 9.72. The molecule has 4 rings (SSSR count). The molecule has 0 bridgehead atoms. The first-order chi connectivity index (χ1) is 16.2. The minimum atomic E-state index is -1.07. The molecule has 0 aromatic heterocycles. The summed E-state index contributed by atoms with van der Waals surface area (Å²) in [5.74, 6) is -1.14. The van der Waals surface area contributed by atoms with Crippen LogP contribution < -0.4 is 5.32 Å². The van der Waals surface area contributed by atoms with Crippen molar-refractivity contribution in [3.63, 3.8) is 0 Å². The third-order valence-electron chi connectivity index (χ3n) is 6.48. The molecular formula is C29H31NO4. The quantitative estimate of drug-likeness (QED) is 0.463. The Hall–Kier alpha value is -3.60. The van der Waals surface area contributed by atoms with Crippen molar-refractivity contribution in [1.29, 1.82) is 0 Å². The number of amides is 1. The lowest BCUT2D eigenvalue weighted by molar-refractivity contribution is -0.139. The molecule has 0 heterocycles. The van der Waals surface area contributed by atoms with Crippen LogP contribution in [0.2, 0.25) is 0 Å². The molecule has 0 unspecified atom stereocenters. The maximum Gasteiger partial charge on any atom is 0.407 e. The third-order valence-corrected chi connectivity index (χ3v) is 6.48. The van der Waals surface area contributed by atoms with E-state index in [0.717, 1.165) is 27.8 Å². The fraction of sp³-hybridized carbons (Fsp3) is 0.310. The summed E-state index contributed by atoms with van der Waals surface area (Å²) in [5, 5.41) is 12.2. The first kappa shape index (κ1) is 23.6. The van der Waals surface area contributed by atoms with Gasteiger partial charge in [-0.2, -0.15) is 0 Å². The van der Waals surface area contributed by atoms with Gasteiger partial charge in [-0.15, -0.1) is 0 Å². The Labute approximate surface area is 200 Å². The average molecular weight is 458 g/mol. The van der Waals surface area contributed by atoms with E-state index in [4.69, 9.17) is 4.74 Å². The van der Waals surface area contributed by atoms with E-state index in [2.05, 4.69) is 50.4 Å². The SMILES string of the molecule is CC(C)(C)c1ccc(CC[C@@H](NC(=O)OCC2c3ccccc3-c3ccccc32)C(=O)O)cc1. The van der Waals surface area contributed by atoms with Crippen LogP contribution in [0.3, 0.4) is 0 Å². The molecule has 0 aliphatic heterocycles. The van der Waals surface area contributed by atoms with E-state index in [0.29, 0.717) is 6.42 Å². The van der Waals surface area contributed by atoms with Gasteiger partial charge in [0.1, 0.15) is 12.6 Å². The molecule has 2 N–H and O–H groups in total. The molecule has 1 aliphatic carbocycles. The average Bonchev–Trinajstić information content (AvgIpc) is 3.13. The zero-order valence-corrected chi connectivity index (χ0v) is 19.9. The molecule has 1 aliphatic rings. The molecule has 0 radical (unpaired) electrons. The van der Waals surface area contributed by atoms with Crippen molar-refractivity contribution >= 4 is 12.1 Å². The molecule has 3 aromatic carbocycles. The number of carboxylic acids is 1. The van der Waals surface area contributed by atoms with E-state index >= 15 is 0 Å². The molecule has 3 aromatic rings. The second-order valence-electron chi connectivity index (χ2n) is 9.85. The Morgan fingerprint density at radius 1 is 0.912 bits per heavy atom. The lowest BCUT2D eigenvalue weighted by Crippen LogP contribution is -2.41. The zero-order chi connectivity index (χ0) is 24.3. The predicted molar refractivity (Wildman–Crippen MR) is 133 cm³/mol. The number of carbonyl (C=O) groups is 2. The van der Waals surface area contributed by atoms with E-state index in [-0.39, 0.29) is 24.4 Å². The lowest BCUT2D eigenvalue weighted by Gasteiger charge is -2.19. The summed E-state index contributed by atoms with van der Waals surface area (Å²) in [6.07, 6.45) is 0.122. The van der Waals surface area contributed by atoms with Gasteiger partial charge in [-0.1, -0.05) is 93.6 Å². The van der Waals surface area contributed by atoms with Gasteiger partial charge >= 0.3 is 12.1 Å². The molecule has 0 fully saturated rings. The molecule has 5 heteroatoms. The number of carboxylic acid groups (broad SMARTS) is 1. The summed E-state index contributed by atoms with van der Waals surface area (Å²) in [4.78, 5) is 24.3. The maximum atomic E-state index is 12.5. The number of nitrogens with one attached hydrogen (secondary N) is 1. The van der Waals surface area contributed by atoms with Crippen LogP contribution in [0.4, 0.5) is 4.79 Å². The Balaban J connectivity index is 1.35. The Morgan fingerprint density at radius 3 is 2.00 bits per heavy atom. The van der Waals surface area contributed by atoms with Crippen molar-refractivity contribution in [2.75, 3.05) is 6.61 Å². The molecule has 0 spiro atoms. The Kier molecular flexibility index (Phi) is 6.73. The lowest BCUT2D eigenvalue weighted by atomic mass is 9.86.